The molecule has 0 aliphatic carbocycles. The van der Waals surface area contributed by atoms with Crippen LogP contribution in [0.5, 0.6) is 0 Å². The molecule has 0 rings (SSSR count). The van der Waals surface area contributed by atoms with Gasteiger partial charge in [-0.15, -0.1) is 0 Å². The summed E-state index contributed by atoms with van der Waals surface area (Å²) in [6.45, 7) is 5.57. The van der Waals surface area contributed by atoms with E-state index in [4.69, 9.17) is 9.47 Å². The van der Waals surface area contributed by atoms with Crippen LogP contribution in [0, 0.1) is 0 Å². The van der Waals surface area contributed by atoms with Gasteiger partial charge in [0.05, 0.1) is 13.2 Å². The Bertz CT molecular complexity index is 625. The molecule has 0 aromatic heterocycles. The lowest BCUT2D eigenvalue weighted by Gasteiger charge is -2.06. The molecule has 0 saturated carbocycles. The number of esters is 2. The van der Waals surface area contributed by atoms with Crippen LogP contribution in [0.2, 0.25) is 0 Å². The molecule has 0 aromatic carbocycles. The van der Waals surface area contributed by atoms with Gasteiger partial charge in [-0.1, -0.05) is 141 Å². The minimum atomic E-state index is -0.0535. The molecule has 0 N–H and O–H groups in total. The predicted octanol–water partition coefficient (Wildman–Crippen LogP) is 13.7. The van der Waals surface area contributed by atoms with Crippen LogP contribution >= 0.6 is 0 Å². The molecule has 0 atom stereocenters. The highest BCUT2D eigenvalue weighted by molar-refractivity contribution is 5.69. The highest BCUT2D eigenvalue weighted by atomic mass is 16.5. The van der Waals surface area contributed by atoms with Gasteiger partial charge in [0.15, 0.2) is 0 Å². The van der Waals surface area contributed by atoms with Crippen LogP contribution in [0.4, 0.5) is 0 Å². The molecule has 0 aromatic rings. The van der Waals surface area contributed by atoms with Gasteiger partial charge >= 0.3 is 11.9 Å². The number of carbonyl (C=O) groups is 2. The van der Waals surface area contributed by atoms with Crippen molar-refractivity contribution in [2.75, 3.05) is 13.2 Å². The van der Waals surface area contributed by atoms with Crippen molar-refractivity contribution in [1.82, 2.24) is 0 Å². The van der Waals surface area contributed by atoms with Crippen LogP contribution < -0.4 is 0 Å². The molecule has 0 fully saturated rings. The van der Waals surface area contributed by atoms with Gasteiger partial charge in [0.2, 0.25) is 0 Å². The van der Waals surface area contributed by atoms with Crippen molar-refractivity contribution >= 4 is 11.9 Å². The third-order valence-corrected chi connectivity index (χ3v) is 8.85. The summed E-state index contributed by atoms with van der Waals surface area (Å²) in [6.07, 6.45) is 47.2. The number of ether oxygens (including phenoxy) is 2. The van der Waals surface area contributed by atoms with Crippen LogP contribution in [0.1, 0.15) is 219 Å². The number of unbranched alkanes of at least 4 members (excludes halogenated alkanes) is 25. The van der Waals surface area contributed by atoms with Crippen molar-refractivity contribution < 1.29 is 19.1 Å². The van der Waals surface area contributed by atoms with Gasteiger partial charge in [0.25, 0.3) is 0 Å². The van der Waals surface area contributed by atoms with Crippen molar-refractivity contribution in [2.24, 2.45) is 0 Å². The maximum absolute atomic E-state index is 11.9. The third-order valence-electron chi connectivity index (χ3n) is 8.85. The first-order valence-corrected chi connectivity index (χ1v) is 20.3. The Morgan fingerprint density at radius 1 is 0.348 bits per heavy atom. The highest BCUT2D eigenvalue weighted by Crippen LogP contribution is 2.12. The average Bonchev–Trinajstić information content (AvgIpc) is 3.05. The monoisotopic (exact) mass is 647 g/mol. The fourth-order valence-electron chi connectivity index (χ4n) is 5.75. The summed E-state index contributed by atoms with van der Waals surface area (Å²) in [5, 5.41) is 0. The molecule has 0 unspecified atom stereocenters. The molecular weight excluding hydrogens is 568 g/mol. The van der Waals surface area contributed by atoms with E-state index in [9.17, 15) is 9.59 Å². The lowest BCUT2D eigenvalue weighted by molar-refractivity contribution is -0.145. The first-order valence-electron chi connectivity index (χ1n) is 20.3. The Morgan fingerprint density at radius 3 is 0.935 bits per heavy atom. The Hall–Kier alpha value is -1.58. The maximum Gasteiger partial charge on any atom is 0.305 e. The smallest absolute Gasteiger partial charge is 0.305 e. The SMILES string of the molecule is CCCCCCCC/C=C\CCCCCCCC(=O)OCCCCCCOC(=O)CCCCCCC/C=C\CCCCCCCC. The van der Waals surface area contributed by atoms with Gasteiger partial charge in [0.1, 0.15) is 0 Å². The second-order valence-corrected chi connectivity index (χ2v) is 13.5. The number of rotatable bonds is 37. The van der Waals surface area contributed by atoms with Gasteiger partial charge in [0, 0.05) is 12.8 Å². The van der Waals surface area contributed by atoms with Crippen LogP contribution in [0.3, 0.4) is 0 Å². The van der Waals surface area contributed by atoms with E-state index in [1.807, 2.05) is 0 Å². The Balaban J connectivity index is 3.30. The molecule has 0 spiro atoms. The quantitative estimate of drug-likeness (QED) is 0.0383. The minimum Gasteiger partial charge on any atom is -0.466 e. The zero-order chi connectivity index (χ0) is 33.4. The van der Waals surface area contributed by atoms with Crippen LogP contribution in [-0.2, 0) is 19.1 Å². The van der Waals surface area contributed by atoms with Gasteiger partial charge in [-0.2, -0.15) is 0 Å². The zero-order valence-electron chi connectivity index (χ0n) is 31.0. The molecule has 4 heteroatoms. The number of carbonyl (C=O) groups excluding carboxylic acids is 2. The van der Waals surface area contributed by atoms with E-state index in [0.29, 0.717) is 26.1 Å². The molecule has 270 valence electrons. The summed E-state index contributed by atoms with van der Waals surface area (Å²) >= 11 is 0. The fourth-order valence-corrected chi connectivity index (χ4v) is 5.75. The van der Waals surface area contributed by atoms with Crippen molar-refractivity contribution in [1.29, 1.82) is 0 Å². The van der Waals surface area contributed by atoms with E-state index in [0.717, 1.165) is 51.4 Å². The van der Waals surface area contributed by atoms with Gasteiger partial charge in [-0.25, -0.2) is 0 Å². The summed E-state index contributed by atoms with van der Waals surface area (Å²) < 4.78 is 10.8. The molecule has 0 bridgehead atoms. The van der Waals surface area contributed by atoms with Crippen LogP contribution in [-0.4, -0.2) is 25.2 Å². The molecule has 0 amide bonds. The van der Waals surface area contributed by atoms with E-state index in [1.54, 1.807) is 0 Å². The average molecular weight is 647 g/mol. The Morgan fingerprint density at radius 2 is 0.609 bits per heavy atom. The third kappa shape index (κ3) is 38.6. The lowest BCUT2D eigenvalue weighted by atomic mass is 10.1. The van der Waals surface area contributed by atoms with Crippen molar-refractivity contribution in [3.05, 3.63) is 24.3 Å². The van der Waals surface area contributed by atoms with Crippen LogP contribution in [0.15, 0.2) is 24.3 Å². The van der Waals surface area contributed by atoms with Crippen molar-refractivity contribution in [3.8, 4) is 0 Å². The van der Waals surface area contributed by atoms with E-state index < -0.39 is 0 Å². The number of hydrogen-bond donors (Lipinski definition) is 0. The molecule has 0 saturated heterocycles. The summed E-state index contributed by atoms with van der Waals surface area (Å²) in [7, 11) is 0. The van der Waals surface area contributed by atoms with E-state index in [-0.39, 0.29) is 11.9 Å². The molecule has 0 aliphatic heterocycles. The van der Waals surface area contributed by atoms with E-state index >= 15 is 0 Å². The van der Waals surface area contributed by atoms with Gasteiger partial charge < -0.3 is 9.47 Å². The summed E-state index contributed by atoms with van der Waals surface area (Å²) in [6, 6.07) is 0. The Labute approximate surface area is 287 Å². The largest absolute Gasteiger partial charge is 0.466 e. The second-order valence-electron chi connectivity index (χ2n) is 13.5. The highest BCUT2D eigenvalue weighted by Gasteiger charge is 2.04. The molecule has 4 nitrogen and oxygen atoms in total. The first kappa shape index (κ1) is 44.4. The molecule has 46 heavy (non-hydrogen) atoms. The predicted molar refractivity (Wildman–Crippen MR) is 199 cm³/mol. The molecule has 0 radical (unpaired) electrons. The Kier molecular flexibility index (Phi) is 38.2. The molecule has 0 aliphatic rings. The van der Waals surface area contributed by atoms with E-state index in [1.165, 1.54) is 141 Å². The molecule has 0 heterocycles. The van der Waals surface area contributed by atoms with Crippen molar-refractivity contribution in [3.63, 3.8) is 0 Å². The summed E-state index contributed by atoms with van der Waals surface area (Å²) in [4.78, 5) is 23.9. The van der Waals surface area contributed by atoms with Crippen LogP contribution in [0.25, 0.3) is 0 Å². The van der Waals surface area contributed by atoms with Gasteiger partial charge in [-0.3, -0.25) is 9.59 Å². The fraction of sp³-hybridized carbons (Fsp3) is 0.857. The summed E-state index contributed by atoms with van der Waals surface area (Å²) in [5.41, 5.74) is 0. The van der Waals surface area contributed by atoms with Crippen molar-refractivity contribution in [2.45, 2.75) is 219 Å². The second kappa shape index (κ2) is 39.6. The van der Waals surface area contributed by atoms with E-state index in [2.05, 4.69) is 38.2 Å². The zero-order valence-corrected chi connectivity index (χ0v) is 31.0. The van der Waals surface area contributed by atoms with Gasteiger partial charge in [-0.05, 0) is 89.9 Å². The first-order chi connectivity index (χ1) is 22.7. The standard InChI is InChI=1S/C42H78O4/c1-3-5-7-9-11-13-15-17-19-21-23-25-27-29-33-37-41(43)45-39-35-31-32-36-40-46-42(44)38-34-30-28-26-24-22-20-18-16-14-12-10-8-6-4-2/h17-20H,3-16,21-40H2,1-2H3/b19-17-,20-18-. The number of allylic oxidation sites excluding steroid dienone is 4. The lowest BCUT2D eigenvalue weighted by Crippen LogP contribution is -2.07. The maximum atomic E-state index is 11.9. The minimum absolute atomic E-state index is 0.0535. The summed E-state index contributed by atoms with van der Waals surface area (Å²) in [5.74, 6) is -0.107. The molecular formula is C42H78O4. The number of hydrogen-bond acceptors (Lipinski definition) is 4. The normalized spacial score (nSPS) is 11.6. The topological polar surface area (TPSA) is 52.6 Å².